The molecule has 8 heteroatoms. The summed E-state index contributed by atoms with van der Waals surface area (Å²) in [6, 6.07) is 3.92. The lowest BCUT2D eigenvalue weighted by molar-refractivity contribution is -0.386. The predicted octanol–water partition coefficient (Wildman–Crippen LogP) is 1.68. The molecule has 19 heavy (non-hydrogen) atoms. The highest BCUT2D eigenvalue weighted by Gasteiger charge is 2.17. The smallest absolute Gasteiger partial charge is 0.311 e. The first-order chi connectivity index (χ1) is 9.10. The Labute approximate surface area is 107 Å². The number of carbonyl (C=O) groups excluding carboxylic acids is 1. The second-order valence-corrected chi connectivity index (χ2v) is 3.61. The van der Waals surface area contributed by atoms with Gasteiger partial charge >= 0.3 is 5.69 Å². The van der Waals surface area contributed by atoms with Gasteiger partial charge in [0.25, 0.3) is 5.89 Å². The van der Waals surface area contributed by atoms with E-state index < -0.39 is 4.92 Å². The zero-order chi connectivity index (χ0) is 13.8. The molecule has 0 unspecified atom stereocenters. The van der Waals surface area contributed by atoms with Gasteiger partial charge in [-0.2, -0.15) is 0 Å². The van der Waals surface area contributed by atoms with E-state index in [1.54, 1.807) is 6.92 Å². The third kappa shape index (κ3) is 2.92. The Morgan fingerprint density at radius 3 is 2.84 bits per heavy atom. The molecule has 0 amide bonds. The van der Waals surface area contributed by atoms with E-state index in [2.05, 4.69) is 10.2 Å². The highest BCUT2D eigenvalue weighted by atomic mass is 16.6. The average molecular weight is 263 g/mol. The van der Waals surface area contributed by atoms with Crippen molar-refractivity contribution < 1.29 is 18.9 Å². The van der Waals surface area contributed by atoms with Crippen molar-refractivity contribution in [1.29, 1.82) is 0 Å². The Morgan fingerprint density at radius 1 is 1.47 bits per heavy atom. The summed E-state index contributed by atoms with van der Waals surface area (Å²) in [7, 11) is 0. The standard InChI is InChI=1S/C11H9N3O5/c1-7-12-13-11(19-7)6-18-10-3-2-8(5-15)4-9(10)14(16)17/h2-5H,6H2,1H3. The number of benzene rings is 1. The minimum absolute atomic E-state index is 0.0338. The van der Waals surface area contributed by atoms with Crippen molar-refractivity contribution in [3.8, 4) is 5.75 Å². The third-order valence-corrected chi connectivity index (χ3v) is 2.23. The van der Waals surface area contributed by atoms with Crippen molar-refractivity contribution in [2.75, 3.05) is 0 Å². The number of aryl methyl sites for hydroxylation is 1. The molecule has 0 N–H and O–H groups in total. The summed E-state index contributed by atoms with van der Waals surface area (Å²) in [5, 5.41) is 18.2. The molecule has 0 spiro atoms. The van der Waals surface area contributed by atoms with E-state index in [1.165, 1.54) is 12.1 Å². The molecule has 0 bridgehead atoms. The molecule has 2 rings (SSSR count). The van der Waals surface area contributed by atoms with E-state index in [0.717, 1.165) is 6.07 Å². The fraction of sp³-hybridized carbons (Fsp3) is 0.182. The van der Waals surface area contributed by atoms with Crippen LogP contribution in [-0.4, -0.2) is 21.4 Å². The number of nitrogens with zero attached hydrogens (tertiary/aromatic N) is 3. The molecule has 1 heterocycles. The van der Waals surface area contributed by atoms with Crippen molar-refractivity contribution in [2.45, 2.75) is 13.5 Å². The highest BCUT2D eigenvalue weighted by Crippen LogP contribution is 2.28. The molecule has 0 aliphatic rings. The lowest BCUT2D eigenvalue weighted by atomic mass is 10.2. The molecule has 0 saturated heterocycles. The molecular formula is C11H9N3O5. The van der Waals surface area contributed by atoms with Crippen molar-refractivity contribution >= 4 is 12.0 Å². The lowest BCUT2D eigenvalue weighted by Gasteiger charge is -2.04. The average Bonchev–Trinajstić information content (AvgIpc) is 2.82. The Bertz CT molecular complexity index is 623. The molecule has 1 aromatic heterocycles. The largest absolute Gasteiger partial charge is 0.477 e. The first-order valence-corrected chi connectivity index (χ1v) is 5.25. The van der Waals surface area contributed by atoms with E-state index in [4.69, 9.17) is 9.15 Å². The topological polar surface area (TPSA) is 108 Å². The van der Waals surface area contributed by atoms with Crippen LogP contribution in [0.15, 0.2) is 22.6 Å². The molecule has 0 fully saturated rings. The number of nitro groups is 1. The zero-order valence-electron chi connectivity index (χ0n) is 9.90. The van der Waals surface area contributed by atoms with E-state index in [1.807, 2.05) is 0 Å². The molecule has 2 aromatic rings. The molecule has 98 valence electrons. The summed E-state index contributed by atoms with van der Waals surface area (Å²) in [6.07, 6.45) is 0.526. The van der Waals surface area contributed by atoms with Crippen LogP contribution >= 0.6 is 0 Å². The van der Waals surface area contributed by atoms with Crippen molar-refractivity contribution in [3.05, 3.63) is 45.7 Å². The van der Waals surface area contributed by atoms with Crippen LogP contribution in [0.5, 0.6) is 5.75 Å². The van der Waals surface area contributed by atoms with Gasteiger partial charge in [0, 0.05) is 18.6 Å². The van der Waals surface area contributed by atoms with Crippen LogP contribution in [0.4, 0.5) is 5.69 Å². The highest BCUT2D eigenvalue weighted by molar-refractivity contribution is 5.77. The van der Waals surface area contributed by atoms with Gasteiger partial charge in [0.15, 0.2) is 12.4 Å². The van der Waals surface area contributed by atoms with E-state index in [0.29, 0.717) is 12.2 Å². The molecule has 0 aliphatic heterocycles. The number of aromatic nitrogens is 2. The first kappa shape index (κ1) is 12.7. The minimum atomic E-state index is -0.624. The number of hydrogen-bond acceptors (Lipinski definition) is 7. The van der Waals surface area contributed by atoms with Crippen LogP contribution in [0.1, 0.15) is 22.1 Å². The van der Waals surface area contributed by atoms with Gasteiger partial charge in [-0.3, -0.25) is 14.9 Å². The van der Waals surface area contributed by atoms with Gasteiger partial charge in [-0.25, -0.2) is 0 Å². The normalized spacial score (nSPS) is 10.2. The second kappa shape index (κ2) is 5.25. The number of hydrogen-bond donors (Lipinski definition) is 0. The number of carbonyl (C=O) groups is 1. The maximum atomic E-state index is 10.9. The van der Waals surface area contributed by atoms with Gasteiger partial charge in [0.2, 0.25) is 5.89 Å². The van der Waals surface area contributed by atoms with Gasteiger partial charge in [-0.1, -0.05) is 0 Å². The predicted molar refractivity (Wildman–Crippen MR) is 61.9 cm³/mol. The van der Waals surface area contributed by atoms with Crippen LogP contribution in [0.25, 0.3) is 0 Å². The van der Waals surface area contributed by atoms with Gasteiger partial charge in [-0.05, 0) is 12.1 Å². The third-order valence-electron chi connectivity index (χ3n) is 2.23. The number of ether oxygens (including phenoxy) is 1. The van der Waals surface area contributed by atoms with Crippen LogP contribution in [0.3, 0.4) is 0 Å². The van der Waals surface area contributed by atoms with Crippen LogP contribution < -0.4 is 4.74 Å². The summed E-state index contributed by atoms with van der Waals surface area (Å²) in [6.45, 7) is 1.54. The molecular weight excluding hydrogens is 254 g/mol. The Balaban J connectivity index is 2.19. The second-order valence-electron chi connectivity index (χ2n) is 3.61. The number of nitro benzene ring substituents is 1. The summed E-state index contributed by atoms with van der Waals surface area (Å²) in [5.41, 5.74) is -0.0893. The molecule has 0 radical (unpaired) electrons. The molecule has 0 aliphatic carbocycles. The Kier molecular flexibility index (Phi) is 3.51. The number of aldehydes is 1. The van der Waals surface area contributed by atoms with Gasteiger partial charge in [0.05, 0.1) is 4.92 Å². The lowest BCUT2D eigenvalue weighted by Crippen LogP contribution is -2.00. The van der Waals surface area contributed by atoms with Gasteiger partial charge in [0.1, 0.15) is 6.29 Å². The number of rotatable bonds is 5. The zero-order valence-corrected chi connectivity index (χ0v) is 9.90. The Hall–Kier alpha value is -2.77. The minimum Gasteiger partial charge on any atom is -0.477 e. The molecule has 0 saturated carbocycles. The van der Waals surface area contributed by atoms with E-state index in [9.17, 15) is 14.9 Å². The Morgan fingerprint density at radius 2 is 2.26 bits per heavy atom. The van der Waals surface area contributed by atoms with Gasteiger partial charge in [-0.15, -0.1) is 10.2 Å². The van der Waals surface area contributed by atoms with E-state index in [-0.39, 0.29) is 29.5 Å². The fourth-order valence-electron chi connectivity index (χ4n) is 1.41. The van der Waals surface area contributed by atoms with Gasteiger partial charge < -0.3 is 9.15 Å². The summed E-state index contributed by atoms with van der Waals surface area (Å²) in [4.78, 5) is 20.8. The van der Waals surface area contributed by atoms with Crippen molar-refractivity contribution in [3.63, 3.8) is 0 Å². The SMILES string of the molecule is Cc1nnc(COc2ccc(C=O)cc2[N+](=O)[O-])o1. The first-order valence-electron chi connectivity index (χ1n) is 5.25. The maximum Gasteiger partial charge on any atom is 0.311 e. The van der Waals surface area contributed by atoms with Crippen molar-refractivity contribution in [2.24, 2.45) is 0 Å². The maximum absolute atomic E-state index is 10.9. The van der Waals surface area contributed by atoms with Crippen molar-refractivity contribution in [1.82, 2.24) is 10.2 Å². The van der Waals surface area contributed by atoms with Crippen LogP contribution in [-0.2, 0) is 6.61 Å². The van der Waals surface area contributed by atoms with E-state index >= 15 is 0 Å². The molecule has 0 atom stereocenters. The quantitative estimate of drug-likeness (QED) is 0.458. The monoisotopic (exact) mass is 263 g/mol. The summed E-state index contributed by atoms with van der Waals surface area (Å²) >= 11 is 0. The van der Waals surface area contributed by atoms with Crippen LogP contribution in [0.2, 0.25) is 0 Å². The molecule has 8 nitrogen and oxygen atoms in total. The van der Waals surface area contributed by atoms with Crippen LogP contribution in [0, 0.1) is 17.0 Å². The molecule has 1 aromatic carbocycles. The fourth-order valence-corrected chi connectivity index (χ4v) is 1.41. The summed E-state index contributed by atoms with van der Waals surface area (Å²) in [5.74, 6) is 0.627. The summed E-state index contributed by atoms with van der Waals surface area (Å²) < 4.78 is 10.3.